The van der Waals surface area contributed by atoms with E-state index in [2.05, 4.69) is 10.1 Å². The molecule has 0 aromatic heterocycles. The fraction of sp³-hybridized carbons (Fsp3) is 0.562. The predicted molar refractivity (Wildman–Crippen MR) is 86.6 cm³/mol. The summed E-state index contributed by atoms with van der Waals surface area (Å²) in [5.74, 6) is 0.814. The quantitative estimate of drug-likeness (QED) is 0.875. The third-order valence-corrected chi connectivity index (χ3v) is 4.48. The van der Waals surface area contributed by atoms with Crippen molar-refractivity contribution in [2.45, 2.75) is 19.4 Å². The number of likely N-dealkylation sites (tertiary alicyclic amines) is 1. The summed E-state index contributed by atoms with van der Waals surface area (Å²) in [4.78, 5) is 13.8. The molecule has 140 valence electrons. The number of carbonyl (C=O) groups excluding carboxylic acids is 1. The minimum absolute atomic E-state index is 0. The maximum atomic E-state index is 12.1. The van der Waals surface area contributed by atoms with Crippen LogP contribution in [0.2, 0.25) is 0 Å². The van der Waals surface area contributed by atoms with Gasteiger partial charge in [0.05, 0.1) is 0 Å². The summed E-state index contributed by atoms with van der Waals surface area (Å²) in [6.45, 7) is 3.33. The van der Waals surface area contributed by atoms with Gasteiger partial charge in [-0.15, -0.1) is 25.6 Å². The normalized spacial score (nSPS) is 22.8. The third kappa shape index (κ3) is 5.40. The van der Waals surface area contributed by atoms with Crippen molar-refractivity contribution in [3.05, 3.63) is 29.8 Å². The SMILES string of the molecule is Cl.O=C(OCc1ccc(OC(F)(F)F)cc1)N1CC[C@@H]2CNC[C@H]2C1. The summed E-state index contributed by atoms with van der Waals surface area (Å²) in [6.07, 6.45) is -4.12. The zero-order valence-corrected chi connectivity index (χ0v) is 14.2. The Hall–Kier alpha value is -1.67. The molecule has 0 unspecified atom stereocenters. The maximum absolute atomic E-state index is 12.1. The fourth-order valence-electron chi connectivity index (χ4n) is 3.22. The molecule has 0 aliphatic carbocycles. The molecule has 0 saturated carbocycles. The predicted octanol–water partition coefficient (Wildman–Crippen LogP) is 3.18. The Labute approximate surface area is 149 Å². The molecule has 1 aromatic carbocycles. The van der Waals surface area contributed by atoms with Crippen molar-refractivity contribution in [1.29, 1.82) is 0 Å². The Morgan fingerprint density at radius 3 is 2.56 bits per heavy atom. The third-order valence-electron chi connectivity index (χ3n) is 4.48. The van der Waals surface area contributed by atoms with Gasteiger partial charge in [-0.05, 0) is 49.0 Å². The molecule has 2 heterocycles. The fourth-order valence-corrected chi connectivity index (χ4v) is 3.22. The summed E-state index contributed by atoms with van der Waals surface area (Å²) < 4.78 is 45.3. The van der Waals surface area contributed by atoms with Gasteiger partial charge in [0.1, 0.15) is 12.4 Å². The van der Waals surface area contributed by atoms with Crippen molar-refractivity contribution in [2.75, 3.05) is 26.2 Å². The highest BCUT2D eigenvalue weighted by Gasteiger charge is 2.35. The first-order valence-corrected chi connectivity index (χ1v) is 7.88. The van der Waals surface area contributed by atoms with Crippen LogP contribution in [-0.2, 0) is 11.3 Å². The molecule has 9 heteroatoms. The topological polar surface area (TPSA) is 50.8 Å². The van der Waals surface area contributed by atoms with Crippen LogP contribution in [0.4, 0.5) is 18.0 Å². The second-order valence-electron chi connectivity index (χ2n) is 6.16. The van der Waals surface area contributed by atoms with Crippen molar-refractivity contribution >= 4 is 18.5 Å². The first-order valence-electron chi connectivity index (χ1n) is 7.88. The molecule has 5 nitrogen and oxygen atoms in total. The second-order valence-corrected chi connectivity index (χ2v) is 6.16. The Kier molecular flexibility index (Phi) is 6.40. The van der Waals surface area contributed by atoms with Crippen molar-refractivity contribution < 1.29 is 27.4 Å². The molecule has 0 bridgehead atoms. The van der Waals surface area contributed by atoms with Gasteiger partial charge >= 0.3 is 12.5 Å². The van der Waals surface area contributed by atoms with E-state index in [1.165, 1.54) is 24.3 Å². The molecule has 2 aliphatic rings. The largest absolute Gasteiger partial charge is 0.573 e. The van der Waals surface area contributed by atoms with Crippen LogP contribution in [0.1, 0.15) is 12.0 Å². The van der Waals surface area contributed by atoms with E-state index in [-0.39, 0.29) is 30.9 Å². The van der Waals surface area contributed by atoms with Gasteiger partial charge in [-0.25, -0.2) is 4.79 Å². The summed E-state index contributed by atoms with van der Waals surface area (Å²) in [6, 6.07) is 5.29. The molecule has 0 spiro atoms. The van der Waals surface area contributed by atoms with Gasteiger partial charge in [0, 0.05) is 13.1 Å². The molecule has 1 N–H and O–H groups in total. The van der Waals surface area contributed by atoms with Gasteiger partial charge in [-0.1, -0.05) is 12.1 Å². The van der Waals surface area contributed by atoms with Gasteiger partial charge in [-0.2, -0.15) is 0 Å². The smallest absolute Gasteiger partial charge is 0.445 e. The van der Waals surface area contributed by atoms with Gasteiger partial charge in [0.25, 0.3) is 0 Å². The van der Waals surface area contributed by atoms with E-state index in [4.69, 9.17) is 4.74 Å². The van der Waals surface area contributed by atoms with Gasteiger partial charge in [-0.3, -0.25) is 0 Å². The van der Waals surface area contributed by atoms with Crippen LogP contribution in [0.15, 0.2) is 24.3 Å². The number of carbonyl (C=O) groups is 1. The number of hydrogen-bond donors (Lipinski definition) is 1. The lowest BCUT2D eigenvalue weighted by molar-refractivity contribution is -0.274. The van der Waals surface area contributed by atoms with Gasteiger partial charge < -0.3 is 19.7 Å². The number of rotatable bonds is 3. The Morgan fingerprint density at radius 2 is 1.88 bits per heavy atom. The lowest BCUT2D eigenvalue weighted by Gasteiger charge is -2.33. The first-order chi connectivity index (χ1) is 11.4. The number of fused-ring (bicyclic) bond motifs is 1. The van der Waals surface area contributed by atoms with Crippen LogP contribution in [0.5, 0.6) is 5.75 Å². The molecule has 25 heavy (non-hydrogen) atoms. The highest BCUT2D eigenvalue weighted by Crippen LogP contribution is 2.27. The Bertz CT molecular complexity index is 583. The molecule has 3 rings (SSSR count). The van der Waals surface area contributed by atoms with Crippen molar-refractivity contribution in [1.82, 2.24) is 10.2 Å². The minimum Gasteiger partial charge on any atom is -0.445 e. The van der Waals surface area contributed by atoms with E-state index >= 15 is 0 Å². The number of alkyl halides is 3. The zero-order valence-electron chi connectivity index (χ0n) is 13.4. The second kappa shape index (κ2) is 8.14. The monoisotopic (exact) mass is 380 g/mol. The molecular formula is C16H20ClF3N2O3. The Balaban J connectivity index is 0.00000225. The number of nitrogens with one attached hydrogen (secondary N) is 1. The highest BCUT2D eigenvalue weighted by atomic mass is 35.5. The average Bonchev–Trinajstić information content (AvgIpc) is 3.00. The zero-order chi connectivity index (χ0) is 17.2. The number of ether oxygens (including phenoxy) is 2. The molecule has 0 radical (unpaired) electrons. The summed E-state index contributed by atoms with van der Waals surface area (Å²) in [5.41, 5.74) is 0.607. The number of nitrogens with zero attached hydrogens (tertiary/aromatic N) is 1. The van der Waals surface area contributed by atoms with Crippen LogP contribution < -0.4 is 10.1 Å². The average molecular weight is 381 g/mol. The van der Waals surface area contributed by atoms with Crippen LogP contribution in [0.3, 0.4) is 0 Å². The van der Waals surface area contributed by atoms with Crippen LogP contribution in [0, 0.1) is 11.8 Å². The highest BCUT2D eigenvalue weighted by molar-refractivity contribution is 5.85. The van der Waals surface area contributed by atoms with E-state index in [1.807, 2.05) is 0 Å². The number of piperidine rings is 1. The molecule has 1 amide bonds. The van der Waals surface area contributed by atoms with E-state index in [9.17, 15) is 18.0 Å². The standard InChI is InChI=1S/C16H19F3N2O3.ClH/c17-16(18,19)24-14-3-1-11(2-4-14)10-23-15(22)21-6-5-12-7-20-8-13(12)9-21;/h1-4,12-13,20H,5-10H2;1H/t12-,13+;/m1./s1. The number of hydrogen-bond acceptors (Lipinski definition) is 4. The van der Waals surface area contributed by atoms with Crippen LogP contribution in [0.25, 0.3) is 0 Å². The van der Waals surface area contributed by atoms with E-state index in [0.717, 1.165) is 19.5 Å². The summed E-state index contributed by atoms with van der Waals surface area (Å²) in [7, 11) is 0. The first kappa shape index (κ1) is 19.7. The van der Waals surface area contributed by atoms with Gasteiger partial charge in [0.2, 0.25) is 0 Å². The van der Waals surface area contributed by atoms with E-state index < -0.39 is 6.36 Å². The molecule has 2 fully saturated rings. The van der Waals surface area contributed by atoms with Crippen molar-refractivity contribution in [3.8, 4) is 5.75 Å². The lowest BCUT2D eigenvalue weighted by atomic mass is 9.89. The van der Waals surface area contributed by atoms with Crippen molar-refractivity contribution in [3.63, 3.8) is 0 Å². The number of benzene rings is 1. The molecule has 1 aromatic rings. The molecule has 2 saturated heterocycles. The molecule has 2 aliphatic heterocycles. The van der Waals surface area contributed by atoms with E-state index in [1.54, 1.807) is 4.90 Å². The number of amides is 1. The maximum Gasteiger partial charge on any atom is 0.573 e. The van der Waals surface area contributed by atoms with Crippen LogP contribution in [-0.4, -0.2) is 43.5 Å². The number of halogens is 4. The van der Waals surface area contributed by atoms with E-state index in [0.29, 0.717) is 30.5 Å². The van der Waals surface area contributed by atoms with Crippen LogP contribution >= 0.6 is 12.4 Å². The Morgan fingerprint density at radius 1 is 1.20 bits per heavy atom. The minimum atomic E-state index is -4.71. The molecule has 2 atom stereocenters. The summed E-state index contributed by atoms with van der Waals surface area (Å²) >= 11 is 0. The summed E-state index contributed by atoms with van der Waals surface area (Å²) in [5, 5.41) is 3.33. The van der Waals surface area contributed by atoms with Gasteiger partial charge in [0.15, 0.2) is 0 Å². The molecular weight excluding hydrogens is 361 g/mol. The van der Waals surface area contributed by atoms with Crippen molar-refractivity contribution in [2.24, 2.45) is 11.8 Å². The lowest BCUT2D eigenvalue weighted by Crippen LogP contribution is -2.43.